The second-order valence-corrected chi connectivity index (χ2v) is 4.98. The maximum atomic E-state index is 10.9. The molecular formula is C12H21N5O2. The van der Waals surface area contributed by atoms with Crippen LogP contribution < -0.4 is 5.32 Å². The van der Waals surface area contributed by atoms with E-state index in [-0.39, 0.29) is 10.7 Å². The van der Waals surface area contributed by atoms with Crippen LogP contribution in [0.1, 0.15) is 18.7 Å². The standard InChI is InChI=1S/C12H21N5O2/c1-10-14-9-12(17(18)19)16(10)8-7-15-5-3-11(13-2)4-6-15/h9,11,13H,3-8H2,1-2H3. The fourth-order valence-corrected chi connectivity index (χ4v) is 2.57. The van der Waals surface area contributed by atoms with Crippen molar-refractivity contribution in [1.82, 2.24) is 19.8 Å². The highest BCUT2D eigenvalue weighted by Crippen LogP contribution is 2.15. The summed E-state index contributed by atoms with van der Waals surface area (Å²) in [5.74, 6) is 0.791. The van der Waals surface area contributed by atoms with E-state index in [0.29, 0.717) is 18.4 Å². The maximum absolute atomic E-state index is 10.9. The van der Waals surface area contributed by atoms with Crippen LogP contribution in [-0.2, 0) is 6.54 Å². The highest BCUT2D eigenvalue weighted by atomic mass is 16.6. The minimum absolute atomic E-state index is 0.0858. The summed E-state index contributed by atoms with van der Waals surface area (Å²) in [5, 5.41) is 14.2. The Morgan fingerprint density at radius 3 is 2.74 bits per heavy atom. The van der Waals surface area contributed by atoms with E-state index in [4.69, 9.17) is 0 Å². The molecule has 0 aliphatic carbocycles. The summed E-state index contributed by atoms with van der Waals surface area (Å²) >= 11 is 0. The van der Waals surface area contributed by atoms with E-state index >= 15 is 0 Å². The Labute approximate surface area is 112 Å². The Kier molecular flexibility index (Phi) is 4.49. The van der Waals surface area contributed by atoms with Gasteiger partial charge in [-0.2, -0.15) is 0 Å². The fourth-order valence-electron chi connectivity index (χ4n) is 2.57. The zero-order chi connectivity index (χ0) is 13.8. The van der Waals surface area contributed by atoms with Gasteiger partial charge in [-0.05, 0) is 37.9 Å². The Hall–Kier alpha value is -1.47. The van der Waals surface area contributed by atoms with Gasteiger partial charge in [0.05, 0.1) is 0 Å². The number of hydrogen-bond donors (Lipinski definition) is 1. The van der Waals surface area contributed by atoms with Crippen LogP contribution in [0.2, 0.25) is 0 Å². The van der Waals surface area contributed by atoms with Gasteiger partial charge in [-0.15, -0.1) is 0 Å². The van der Waals surface area contributed by atoms with Gasteiger partial charge in [-0.1, -0.05) is 0 Å². The van der Waals surface area contributed by atoms with Crippen LogP contribution in [-0.4, -0.2) is 52.1 Å². The lowest BCUT2D eigenvalue weighted by Crippen LogP contribution is -2.42. The molecular weight excluding hydrogens is 246 g/mol. The van der Waals surface area contributed by atoms with Gasteiger partial charge < -0.3 is 15.4 Å². The molecule has 1 aromatic heterocycles. The predicted molar refractivity (Wildman–Crippen MR) is 72.1 cm³/mol. The van der Waals surface area contributed by atoms with Gasteiger partial charge in [-0.25, -0.2) is 9.55 Å². The van der Waals surface area contributed by atoms with Crippen molar-refractivity contribution in [3.63, 3.8) is 0 Å². The molecule has 0 unspecified atom stereocenters. The molecule has 0 aromatic carbocycles. The summed E-state index contributed by atoms with van der Waals surface area (Å²) in [5.41, 5.74) is 0. The number of aromatic nitrogens is 2. The normalized spacial score (nSPS) is 17.8. The van der Waals surface area contributed by atoms with E-state index < -0.39 is 0 Å². The molecule has 19 heavy (non-hydrogen) atoms. The summed E-state index contributed by atoms with van der Waals surface area (Å²) in [6.45, 7) is 5.38. The van der Waals surface area contributed by atoms with Crippen LogP contribution in [0.15, 0.2) is 6.20 Å². The molecule has 2 heterocycles. The lowest BCUT2D eigenvalue weighted by Gasteiger charge is -2.31. The van der Waals surface area contributed by atoms with Crippen molar-refractivity contribution in [2.75, 3.05) is 26.7 Å². The number of nitrogens with zero attached hydrogens (tertiary/aromatic N) is 4. The molecule has 0 bridgehead atoms. The molecule has 1 saturated heterocycles. The fraction of sp³-hybridized carbons (Fsp3) is 0.750. The number of likely N-dealkylation sites (tertiary alicyclic amines) is 1. The van der Waals surface area contributed by atoms with E-state index in [9.17, 15) is 10.1 Å². The first kappa shape index (κ1) is 14.0. The summed E-state index contributed by atoms with van der Waals surface area (Å²) < 4.78 is 1.68. The van der Waals surface area contributed by atoms with Gasteiger partial charge in [0.1, 0.15) is 12.7 Å². The molecule has 0 saturated carbocycles. The van der Waals surface area contributed by atoms with Gasteiger partial charge in [0.25, 0.3) is 0 Å². The summed E-state index contributed by atoms with van der Waals surface area (Å²) in [6.07, 6.45) is 3.62. The number of piperidine rings is 1. The van der Waals surface area contributed by atoms with Gasteiger partial charge in [-0.3, -0.25) is 4.90 Å². The molecule has 106 valence electrons. The zero-order valence-electron chi connectivity index (χ0n) is 11.5. The van der Waals surface area contributed by atoms with Crippen molar-refractivity contribution in [3.05, 3.63) is 22.1 Å². The van der Waals surface area contributed by atoms with Crippen LogP contribution >= 0.6 is 0 Å². The van der Waals surface area contributed by atoms with Crippen molar-refractivity contribution in [2.45, 2.75) is 32.4 Å². The average Bonchev–Trinajstić information content (AvgIpc) is 2.78. The molecule has 0 radical (unpaired) electrons. The van der Waals surface area contributed by atoms with Gasteiger partial charge >= 0.3 is 5.82 Å². The number of nitro groups is 1. The van der Waals surface area contributed by atoms with Crippen molar-refractivity contribution < 1.29 is 4.92 Å². The third kappa shape index (κ3) is 3.30. The Morgan fingerprint density at radius 1 is 1.47 bits per heavy atom. The van der Waals surface area contributed by atoms with E-state index in [1.165, 1.54) is 6.20 Å². The van der Waals surface area contributed by atoms with Gasteiger partial charge in [0.2, 0.25) is 0 Å². The summed E-state index contributed by atoms with van der Waals surface area (Å²) in [6, 6.07) is 0.612. The Bertz CT molecular complexity index is 437. The molecule has 1 fully saturated rings. The lowest BCUT2D eigenvalue weighted by atomic mass is 10.1. The quantitative estimate of drug-likeness (QED) is 0.630. The first-order valence-electron chi connectivity index (χ1n) is 6.68. The molecule has 2 rings (SSSR count). The largest absolute Gasteiger partial charge is 0.358 e. The molecule has 1 aliphatic rings. The lowest BCUT2D eigenvalue weighted by molar-refractivity contribution is -0.392. The molecule has 1 aromatic rings. The maximum Gasteiger partial charge on any atom is 0.342 e. The van der Waals surface area contributed by atoms with Crippen molar-refractivity contribution >= 4 is 5.82 Å². The smallest absolute Gasteiger partial charge is 0.342 e. The highest BCUT2D eigenvalue weighted by molar-refractivity contribution is 5.18. The molecule has 7 heteroatoms. The average molecular weight is 267 g/mol. The second kappa shape index (κ2) is 6.12. The van der Waals surface area contributed by atoms with E-state index in [1.807, 2.05) is 7.05 Å². The number of aryl methyl sites for hydroxylation is 1. The van der Waals surface area contributed by atoms with Crippen molar-refractivity contribution in [1.29, 1.82) is 0 Å². The summed E-state index contributed by atoms with van der Waals surface area (Å²) in [7, 11) is 2.00. The molecule has 7 nitrogen and oxygen atoms in total. The zero-order valence-corrected chi connectivity index (χ0v) is 11.5. The van der Waals surface area contributed by atoms with E-state index in [0.717, 1.165) is 32.5 Å². The molecule has 1 aliphatic heterocycles. The number of imidazole rings is 1. The molecule has 0 spiro atoms. The van der Waals surface area contributed by atoms with E-state index in [1.54, 1.807) is 11.5 Å². The van der Waals surface area contributed by atoms with Crippen molar-refractivity contribution in [3.8, 4) is 0 Å². The second-order valence-electron chi connectivity index (χ2n) is 4.98. The third-order valence-corrected chi connectivity index (χ3v) is 3.86. The van der Waals surface area contributed by atoms with Crippen molar-refractivity contribution in [2.24, 2.45) is 0 Å². The number of nitrogens with one attached hydrogen (secondary N) is 1. The SMILES string of the molecule is CNC1CCN(CCn2c([N+](=O)[O-])cnc2C)CC1. The number of hydrogen-bond acceptors (Lipinski definition) is 5. The van der Waals surface area contributed by atoms with E-state index in [2.05, 4.69) is 15.2 Å². The Morgan fingerprint density at radius 2 is 2.16 bits per heavy atom. The first-order valence-corrected chi connectivity index (χ1v) is 6.68. The minimum atomic E-state index is -0.368. The first-order chi connectivity index (χ1) is 9.11. The minimum Gasteiger partial charge on any atom is -0.358 e. The van der Waals surface area contributed by atoms with Crippen LogP contribution in [0.4, 0.5) is 5.82 Å². The monoisotopic (exact) mass is 267 g/mol. The molecule has 0 amide bonds. The topological polar surface area (TPSA) is 76.2 Å². The number of rotatable bonds is 5. The van der Waals surface area contributed by atoms with Gasteiger partial charge in [0, 0.05) is 19.5 Å². The van der Waals surface area contributed by atoms with Crippen LogP contribution in [0, 0.1) is 17.0 Å². The predicted octanol–water partition coefficient (Wildman–Crippen LogP) is 0.784. The van der Waals surface area contributed by atoms with Crippen LogP contribution in [0.3, 0.4) is 0 Å². The molecule has 1 N–H and O–H groups in total. The van der Waals surface area contributed by atoms with Gasteiger partial charge in [0.15, 0.2) is 5.82 Å². The Balaban J connectivity index is 1.89. The van der Waals surface area contributed by atoms with Crippen LogP contribution in [0.5, 0.6) is 0 Å². The highest BCUT2D eigenvalue weighted by Gasteiger charge is 2.21. The molecule has 0 atom stereocenters. The third-order valence-electron chi connectivity index (χ3n) is 3.86. The van der Waals surface area contributed by atoms with Crippen LogP contribution in [0.25, 0.3) is 0 Å². The summed E-state index contributed by atoms with van der Waals surface area (Å²) in [4.78, 5) is 16.9.